The Morgan fingerprint density at radius 3 is 2.39 bits per heavy atom. The van der Waals surface area contributed by atoms with E-state index in [2.05, 4.69) is 33.9 Å². The summed E-state index contributed by atoms with van der Waals surface area (Å²) in [4.78, 5) is 25.1. The Balaban J connectivity index is 2.04. The minimum absolute atomic E-state index is 0.00423. The summed E-state index contributed by atoms with van der Waals surface area (Å²) in [5.41, 5.74) is -0.600. The third-order valence-corrected chi connectivity index (χ3v) is 10.1. The second-order valence-electron chi connectivity index (χ2n) is 9.00. The zero-order chi connectivity index (χ0) is 21.2. The molecule has 0 bridgehead atoms. The molecule has 8 heteroatoms. The van der Waals surface area contributed by atoms with E-state index in [-0.39, 0.29) is 31.2 Å². The maximum absolute atomic E-state index is 12.5. The van der Waals surface area contributed by atoms with Gasteiger partial charge < -0.3 is 19.4 Å². The molecule has 2 atom stereocenters. The van der Waals surface area contributed by atoms with Gasteiger partial charge in [0.25, 0.3) is 0 Å². The van der Waals surface area contributed by atoms with Gasteiger partial charge in [-0.15, -0.1) is 0 Å². The summed E-state index contributed by atoms with van der Waals surface area (Å²) in [5.74, 6) is -0.658. The van der Waals surface area contributed by atoms with E-state index in [0.29, 0.717) is 0 Å². The summed E-state index contributed by atoms with van der Waals surface area (Å²) in [7, 11) is -2.12. The molecule has 1 aliphatic heterocycles. The summed E-state index contributed by atoms with van der Waals surface area (Å²) in [5, 5.41) is 20.4. The van der Waals surface area contributed by atoms with E-state index in [9.17, 15) is 19.8 Å². The highest BCUT2D eigenvalue weighted by Crippen LogP contribution is 2.38. The molecule has 0 unspecified atom stereocenters. The number of benzene rings is 1. The Labute approximate surface area is 167 Å². The van der Waals surface area contributed by atoms with Gasteiger partial charge in [0.15, 0.2) is 8.32 Å². The van der Waals surface area contributed by atoms with E-state index in [1.807, 2.05) is 30.3 Å². The van der Waals surface area contributed by atoms with E-state index >= 15 is 0 Å². The van der Waals surface area contributed by atoms with Gasteiger partial charge in [-0.25, -0.2) is 9.59 Å². The second kappa shape index (κ2) is 8.22. The third-order valence-electron chi connectivity index (χ3n) is 5.66. The average molecular weight is 410 g/mol. The van der Waals surface area contributed by atoms with Crippen LogP contribution in [0.1, 0.15) is 32.8 Å². The van der Waals surface area contributed by atoms with Crippen LogP contribution in [0.3, 0.4) is 0 Å². The fraction of sp³-hybridized carbons (Fsp3) is 0.600. The van der Waals surface area contributed by atoms with Crippen LogP contribution in [0.2, 0.25) is 18.1 Å². The van der Waals surface area contributed by atoms with Gasteiger partial charge in [-0.05, 0) is 23.7 Å². The maximum atomic E-state index is 12.5. The van der Waals surface area contributed by atoms with Crippen molar-refractivity contribution in [1.29, 1.82) is 0 Å². The number of rotatable bonds is 6. The Bertz CT molecular complexity index is 702. The number of β-amino-alcohol motifs (C(OH)–C–C–N with tert-alkyl or cyclic N) is 1. The second-order valence-corrected chi connectivity index (χ2v) is 13.8. The van der Waals surface area contributed by atoms with Gasteiger partial charge in [0.05, 0.1) is 13.2 Å². The van der Waals surface area contributed by atoms with Crippen LogP contribution in [0.5, 0.6) is 0 Å². The van der Waals surface area contributed by atoms with Crippen LogP contribution < -0.4 is 0 Å². The van der Waals surface area contributed by atoms with E-state index in [0.717, 1.165) is 10.5 Å². The number of carbonyl (C=O) groups is 2. The Morgan fingerprint density at radius 2 is 1.86 bits per heavy atom. The molecule has 1 aliphatic rings. The lowest BCUT2D eigenvalue weighted by molar-refractivity contribution is -0.150. The predicted octanol–water partition coefficient (Wildman–Crippen LogP) is 3.24. The van der Waals surface area contributed by atoms with E-state index in [1.54, 1.807) is 0 Å². The summed E-state index contributed by atoms with van der Waals surface area (Å²) in [6.07, 6.45) is -1.30. The van der Waals surface area contributed by atoms with Gasteiger partial charge in [0, 0.05) is 6.42 Å². The zero-order valence-electron chi connectivity index (χ0n) is 17.3. The van der Waals surface area contributed by atoms with E-state index in [4.69, 9.17) is 9.16 Å². The molecule has 1 heterocycles. The molecule has 1 aromatic rings. The van der Waals surface area contributed by atoms with Crippen LogP contribution >= 0.6 is 0 Å². The standard InChI is InChI=1S/C20H31NO6Si/c1-19(2,3)28(4,5)27-14-20(25)11-16(21(13-20)18(23)24)17(22)26-12-15-9-7-6-8-10-15/h6-10,16,25H,11-14H2,1-5H3,(H,23,24)/t16-,20+/m0/s1. The van der Waals surface area contributed by atoms with Gasteiger partial charge in [-0.1, -0.05) is 51.1 Å². The molecule has 2 N–H and O–H groups in total. The number of amides is 1. The summed E-state index contributed by atoms with van der Waals surface area (Å²) >= 11 is 0. The third kappa shape index (κ3) is 5.33. The molecular weight excluding hydrogens is 378 g/mol. The highest BCUT2D eigenvalue weighted by atomic mass is 28.4. The molecule has 1 saturated heterocycles. The lowest BCUT2D eigenvalue weighted by Gasteiger charge is -2.38. The lowest BCUT2D eigenvalue weighted by Crippen LogP contribution is -2.47. The van der Waals surface area contributed by atoms with Gasteiger partial charge in [-0.3, -0.25) is 4.90 Å². The number of esters is 1. The first-order valence-electron chi connectivity index (χ1n) is 9.41. The molecule has 0 spiro atoms. The van der Waals surface area contributed by atoms with Crippen molar-refractivity contribution in [3.63, 3.8) is 0 Å². The number of aliphatic hydroxyl groups is 1. The summed E-state index contributed by atoms with van der Waals surface area (Å²) in [6.45, 7) is 10.3. The first kappa shape index (κ1) is 22.4. The molecule has 7 nitrogen and oxygen atoms in total. The SMILES string of the molecule is CC(C)(C)[Si](C)(C)OC[C@@]1(O)C[C@@H](C(=O)OCc2ccccc2)N(C(=O)O)C1. The monoisotopic (exact) mass is 409 g/mol. The minimum Gasteiger partial charge on any atom is -0.465 e. The van der Waals surface area contributed by atoms with E-state index < -0.39 is 32.0 Å². The first-order chi connectivity index (χ1) is 12.8. The Hall–Kier alpha value is -1.90. The van der Waals surface area contributed by atoms with Crippen LogP contribution in [-0.2, 0) is 20.6 Å². The average Bonchev–Trinajstić information content (AvgIpc) is 2.97. The van der Waals surface area contributed by atoms with E-state index in [1.165, 1.54) is 0 Å². The molecular formula is C20H31NO6Si. The Kier molecular flexibility index (Phi) is 6.57. The van der Waals surface area contributed by atoms with Crippen molar-refractivity contribution in [2.24, 2.45) is 0 Å². The fourth-order valence-electron chi connectivity index (χ4n) is 2.83. The highest BCUT2D eigenvalue weighted by Gasteiger charge is 2.50. The topological polar surface area (TPSA) is 96.3 Å². The van der Waals surface area contributed by atoms with Crippen molar-refractivity contribution in [2.45, 2.75) is 63.6 Å². The zero-order valence-corrected chi connectivity index (χ0v) is 18.3. The number of hydrogen-bond donors (Lipinski definition) is 2. The van der Waals surface area contributed by atoms with Gasteiger partial charge in [0.2, 0.25) is 0 Å². The van der Waals surface area contributed by atoms with Crippen molar-refractivity contribution < 1.29 is 29.0 Å². The van der Waals surface area contributed by atoms with Gasteiger partial charge >= 0.3 is 12.1 Å². The van der Waals surface area contributed by atoms with Crippen molar-refractivity contribution in [2.75, 3.05) is 13.2 Å². The molecule has 1 aromatic carbocycles. The van der Waals surface area contributed by atoms with Gasteiger partial charge in [-0.2, -0.15) is 0 Å². The Morgan fingerprint density at radius 1 is 1.25 bits per heavy atom. The molecule has 0 aromatic heterocycles. The molecule has 1 fully saturated rings. The number of carboxylic acid groups (broad SMARTS) is 1. The van der Waals surface area contributed by atoms with Crippen molar-refractivity contribution >= 4 is 20.4 Å². The molecule has 156 valence electrons. The van der Waals surface area contributed by atoms with Crippen molar-refractivity contribution in [1.82, 2.24) is 4.90 Å². The van der Waals surface area contributed by atoms with Crippen LogP contribution in [-0.4, -0.2) is 60.3 Å². The summed E-state index contributed by atoms with van der Waals surface area (Å²) in [6, 6.07) is 8.12. The minimum atomic E-state index is -2.12. The number of likely N-dealkylation sites (tertiary alicyclic amines) is 1. The number of nitrogens with zero attached hydrogens (tertiary/aromatic N) is 1. The fourth-order valence-corrected chi connectivity index (χ4v) is 3.90. The maximum Gasteiger partial charge on any atom is 0.408 e. The number of ether oxygens (including phenoxy) is 1. The van der Waals surface area contributed by atoms with Crippen LogP contribution in [0.25, 0.3) is 0 Å². The quantitative estimate of drug-likeness (QED) is 0.553. The molecule has 28 heavy (non-hydrogen) atoms. The van der Waals surface area contributed by atoms with Crippen LogP contribution in [0, 0.1) is 0 Å². The molecule has 0 saturated carbocycles. The molecule has 1 amide bonds. The highest BCUT2D eigenvalue weighted by molar-refractivity contribution is 6.74. The molecule has 2 rings (SSSR count). The van der Waals surface area contributed by atoms with Crippen LogP contribution in [0.4, 0.5) is 4.79 Å². The number of hydrogen-bond acceptors (Lipinski definition) is 5. The lowest BCUT2D eigenvalue weighted by atomic mass is 10.0. The van der Waals surface area contributed by atoms with Crippen molar-refractivity contribution in [3.8, 4) is 0 Å². The number of carbonyl (C=O) groups excluding carboxylic acids is 1. The molecule has 0 aliphatic carbocycles. The normalized spacial score (nSPS) is 22.9. The van der Waals surface area contributed by atoms with Crippen LogP contribution in [0.15, 0.2) is 30.3 Å². The van der Waals surface area contributed by atoms with Crippen molar-refractivity contribution in [3.05, 3.63) is 35.9 Å². The predicted molar refractivity (Wildman–Crippen MR) is 107 cm³/mol. The first-order valence-corrected chi connectivity index (χ1v) is 12.3. The molecule has 0 radical (unpaired) electrons. The largest absolute Gasteiger partial charge is 0.465 e. The smallest absolute Gasteiger partial charge is 0.408 e. The van der Waals surface area contributed by atoms with Gasteiger partial charge in [0.1, 0.15) is 18.2 Å². The summed E-state index contributed by atoms with van der Waals surface area (Å²) < 4.78 is 11.4.